The maximum Gasteiger partial charge on any atom is 0.472 e. The average molecular weight is 1200 g/mol. The van der Waals surface area contributed by atoms with E-state index in [4.69, 9.17) is 18.5 Å². The van der Waals surface area contributed by atoms with E-state index in [1.54, 1.807) is 0 Å². The van der Waals surface area contributed by atoms with Crippen molar-refractivity contribution >= 4 is 19.8 Å². The van der Waals surface area contributed by atoms with E-state index >= 15 is 0 Å². The number of unbranched alkanes of at least 4 members (excludes halogenated alkanes) is 37. The monoisotopic (exact) mass is 1200 g/mol. The van der Waals surface area contributed by atoms with Crippen molar-refractivity contribution in [1.82, 2.24) is 0 Å². The summed E-state index contributed by atoms with van der Waals surface area (Å²) in [4.78, 5) is 35.8. The highest BCUT2D eigenvalue weighted by atomic mass is 31.2. The van der Waals surface area contributed by atoms with Crippen molar-refractivity contribution in [3.8, 4) is 0 Å². The van der Waals surface area contributed by atoms with E-state index in [0.717, 1.165) is 70.6 Å². The number of rotatable bonds is 65. The Bertz CT molecular complexity index is 1690. The molecule has 84 heavy (non-hydrogen) atoms. The molecule has 0 aromatic carbocycles. The lowest BCUT2D eigenvalue weighted by Gasteiger charge is -2.24. The highest BCUT2D eigenvalue weighted by Gasteiger charge is 2.27. The first-order chi connectivity index (χ1) is 41.0. The molecule has 0 bridgehead atoms. The Balaban J connectivity index is 3.93. The number of carbonyl (C=O) groups is 2. The van der Waals surface area contributed by atoms with E-state index in [1.807, 2.05) is 21.1 Å². The summed E-state index contributed by atoms with van der Waals surface area (Å²) >= 11 is 0. The molecule has 2 atom stereocenters. The molecule has 0 aliphatic heterocycles. The predicted octanol–water partition coefficient (Wildman–Crippen LogP) is 22.9. The van der Waals surface area contributed by atoms with Gasteiger partial charge in [0, 0.05) is 12.8 Å². The van der Waals surface area contributed by atoms with Crippen LogP contribution in [0, 0.1) is 0 Å². The van der Waals surface area contributed by atoms with Gasteiger partial charge in [-0.25, -0.2) is 4.57 Å². The fraction of sp³-hybridized carbons (Fsp3) is 0.784. The molecule has 0 saturated carbocycles. The molecule has 0 rings (SSSR count). The lowest BCUT2D eigenvalue weighted by molar-refractivity contribution is -0.870. The zero-order chi connectivity index (χ0) is 61.2. The van der Waals surface area contributed by atoms with E-state index in [9.17, 15) is 19.0 Å². The number of ether oxygens (including phenoxy) is 2. The molecular formula is C74H135NO8P+. The van der Waals surface area contributed by atoms with E-state index in [2.05, 4.69) is 98.9 Å². The Labute approximate surface area is 520 Å². The third-order valence-corrected chi connectivity index (χ3v) is 16.4. The minimum atomic E-state index is -4.39. The number of phosphoric ester groups is 1. The zero-order valence-electron chi connectivity index (χ0n) is 55.6. The van der Waals surface area contributed by atoms with Crippen LogP contribution in [0.25, 0.3) is 0 Å². The van der Waals surface area contributed by atoms with Crippen molar-refractivity contribution in [2.45, 2.75) is 328 Å². The second-order valence-corrected chi connectivity index (χ2v) is 26.3. The van der Waals surface area contributed by atoms with Gasteiger partial charge in [-0.2, -0.15) is 0 Å². The molecule has 2 unspecified atom stereocenters. The summed E-state index contributed by atoms with van der Waals surface area (Å²) in [6.07, 6.45) is 88.4. The lowest BCUT2D eigenvalue weighted by atomic mass is 10.0. The molecule has 0 aromatic rings. The minimum absolute atomic E-state index is 0.0317. The molecule has 0 radical (unpaired) electrons. The highest BCUT2D eigenvalue weighted by molar-refractivity contribution is 7.47. The maximum absolute atomic E-state index is 12.9. The molecule has 10 heteroatoms. The van der Waals surface area contributed by atoms with Crippen LogP contribution in [-0.2, 0) is 32.7 Å². The van der Waals surface area contributed by atoms with Gasteiger partial charge in [-0.3, -0.25) is 18.6 Å². The number of likely N-dealkylation sites (N-methyl/N-ethyl adjacent to an activating group) is 1. The fourth-order valence-corrected chi connectivity index (χ4v) is 10.8. The Hall–Kier alpha value is -2.81. The molecule has 9 nitrogen and oxygen atoms in total. The summed E-state index contributed by atoms with van der Waals surface area (Å²) in [5.74, 6) is -0.786. The van der Waals surface area contributed by atoms with Crippen LogP contribution in [0.3, 0.4) is 0 Å². The third kappa shape index (κ3) is 68.3. The highest BCUT2D eigenvalue weighted by Crippen LogP contribution is 2.43. The average Bonchev–Trinajstić information content (AvgIpc) is 3.61. The van der Waals surface area contributed by atoms with Crippen LogP contribution in [0.1, 0.15) is 322 Å². The van der Waals surface area contributed by atoms with E-state index in [1.165, 1.54) is 218 Å². The van der Waals surface area contributed by atoms with Gasteiger partial charge in [-0.05, 0) is 89.9 Å². The quantitative estimate of drug-likeness (QED) is 0.0211. The first kappa shape index (κ1) is 81.2. The third-order valence-electron chi connectivity index (χ3n) is 15.4. The number of carbonyl (C=O) groups excluding carboxylic acids is 2. The Morgan fingerprint density at radius 2 is 0.679 bits per heavy atom. The summed E-state index contributed by atoms with van der Waals surface area (Å²) in [6.45, 7) is 4.35. The number of hydrogen-bond donors (Lipinski definition) is 1. The van der Waals surface area contributed by atoms with Gasteiger partial charge >= 0.3 is 19.8 Å². The summed E-state index contributed by atoms with van der Waals surface area (Å²) in [6, 6.07) is 0. The molecule has 0 aromatic heterocycles. The second-order valence-electron chi connectivity index (χ2n) is 24.9. The van der Waals surface area contributed by atoms with Gasteiger partial charge in [-0.15, -0.1) is 0 Å². The van der Waals surface area contributed by atoms with Gasteiger partial charge in [-0.1, -0.05) is 304 Å². The first-order valence-electron chi connectivity index (χ1n) is 35.3. The van der Waals surface area contributed by atoms with Gasteiger partial charge in [0.2, 0.25) is 0 Å². The van der Waals surface area contributed by atoms with Crippen molar-refractivity contribution in [2.75, 3.05) is 47.5 Å². The topological polar surface area (TPSA) is 108 Å². The van der Waals surface area contributed by atoms with Crippen LogP contribution in [0.15, 0.2) is 85.1 Å². The molecule has 0 fully saturated rings. The van der Waals surface area contributed by atoms with Crippen molar-refractivity contribution < 1.29 is 42.1 Å². The largest absolute Gasteiger partial charge is 0.472 e. The summed E-state index contributed by atoms with van der Waals surface area (Å²) in [5.41, 5.74) is 0. The number of quaternary nitrogens is 1. The van der Waals surface area contributed by atoms with Crippen molar-refractivity contribution in [1.29, 1.82) is 0 Å². The van der Waals surface area contributed by atoms with Gasteiger partial charge in [0.1, 0.15) is 19.8 Å². The Kier molecular flexibility index (Phi) is 62.5. The van der Waals surface area contributed by atoms with Gasteiger partial charge in [0.25, 0.3) is 0 Å². The smallest absolute Gasteiger partial charge is 0.462 e. The summed E-state index contributed by atoms with van der Waals surface area (Å²) in [5, 5.41) is 0. The van der Waals surface area contributed by atoms with Crippen molar-refractivity contribution in [3.05, 3.63) is 85.1 Å². The van der Waals surface area contributed by atoms with Crippen LogP contribution in [0.2, 0.25) is 0 Å². The summed E-state index contributed by atoms with van der Waals surface area (Å²) in [7, 11) is 1.49. The van der Waals surface area contributed by atoms with Crippen LogP contribution < -0.4 is 0 Å². The van der Waals surface area contributed by atoms with Crippen LogP contribution in [0.5, 0.6) is 0 Å². The van der Waals surface area contributed by atoms with Crippen molar-refractivity contribution in [3.63, 3.8) is 0 Å². The number of hydrogen-bond acceptors (Lipinski definition) is 7. The summed E-state index contributed by atoms with van der Waals surface area (Å²) < 4.78 is 34.7. The molecule has 0 aliphatic rings. The number of allylic oxidation sites excluding steroid dienone is 14. The van der Waals surface area contributed by atoms with Crippen LogP contribution in [0.4, 0.5) is 0 Å². The van der Waals surface area contributed by atoms with Gasteiger partial charge in [0.05, 0.1) is 27.7 Å². The number of esters is 2. The molecule has 1 N–H and O–H groups in total. The Morgan fingerprint density at radius 3 is 1.02 bits per heavy atom. The van der Waals surface area contributed by atoms with E-state index in [-0.39, 0.29) is 32.0 Å². The lowest BCUT2D eigenvalue weighted by Crippen LogP contribution is -2.37. The standard InChI is InChI=1S/C74H134NO8P/c1-6-8-10-12-14-16-18-20-22-24-26-27-28-29-30-31-32-33-34-35-36-37-38-39-40-41-42-43-44-45-46-47-49-51-53-55-57-59-61-63-65-67-74(77)83-72(71-82-84(78,79)81-69-68-75(3,4)5)70-80-73(76)66-64-62-60-58-56-54-52-50-48-25-23-21-19-17-15-13-11-9-7-2/h8,10,14,16,20-23,26-27,29-30,32-33,72H,6-7,9,11-13,15,17-19,24-25,28,31,34-71H2,1-5H3/p+1/b10-8-,16-14-,22-20-,23-21-,27-26-,30-29-,33-32-. The molecule has 0 saturated heterocycles. The normalized spacial score (nSPS) is 13.6. The first-order valence-corrected chi connectivity index (χ1v) is 36.8. The van der Waals surface area contributed by atoms with Crippen LogP contribution >= 0.6 is 7.82 Å². The SMILES string of the molecule is CC/C=C\C/C=C\C/C=C\C/C=C\C/C=C\C/C=C\CCCCCCCCCCCCCCCCCCCCCCCCC(=O)OC(COC(=O)CCCCCCCCCCC/C=C\CCCCCCCC)COP(=O)(O)OCC[N+](C)(C)C. The van der Waals surface area contributed by atoms with Crippen LogP contribution in [-0.4, -0.2) is 74.9 Å². The van der Waals surface area contributed by atoms with E-state index in [0.29, 0.717) is 17.4 Å². The molecule has 0 aliphatic carbocycles. The van der Waals surface area contributed by atoms with Gasteiger partial charge < -0.3 is 18.9 Å². The molecule has 0 spiro atoms. The zero-order valence-corrected chi connectivity index (χ0v) is 56.5. The molecule has 0 amide bonds. The van der Waals surface area contributed by atoms with E-state index < -0.39 is 26.5 Å². The van der Waals surface area contributed by atoms with Gasteiger partial charge in [0.15, 0.2) is 6.10 Å². The number of phosphoric acid groups is 1. The molecular weight excluding hydrogens is 1060 g/mol. The van der Waals surface area contributed by atoms with Crippen molar-refractivity contribution in [2.24, 2.45) is 0 Å². The fourth-order valence-electron chi connectivity index (χ4n) is 10.0. The number of nitrogens with zero attached hydrogens (tertiary/aromatic N) is 1. The predicted molar refractivity (Wildman–Crippen MR) is 362 cm³/mol. The second kappa shape index (κ2) is 64.7. The molecule has 0 heterocycles. The minimum Gasteiger partial charge on any atom is -0.462 e. The Morgan fingerprint density at radius 1 is 0.381 bits per heavy atom. The molecule has 488 valence electrons. The maximum atomic E-state index is 12.9.